The first-order valence-corrected chi connectivity index (χ1v) is 10.1. The molecule has 0 aromatic heterocycles. The van der Waals surface area contributed by atoms with Crippen molar-refractivity contribution in [2.24, 2.45) is 0 Å². The Morgan fingerprint density at radius 3 is 2.42 bits per heavy atom. The number of para-hydroxylation sites is 1. The van der Waals surface area contributed by atoms with E-state index in [0.29, 0.717) is 12.5 Å². The first-order valence-electron chi connectivity index (χ1n) is 10.1. The van der Waals surface area contributed by atoms with Crippen molar-refractivity contribution in [2.45, 2.75) is 56.0 Å². The third-order valence-electron chi connectivity index (χ3n) is 7.10. The minimum atomic E-state index is -0.321. The quantitative estimate of drug-likeness (QED) is 0.890. The number of hydrogen-bond acceptors (Lipinski definition) is 1. The summed E-state index contributed by atoms with van der Waals surface area (Å²) in [6.45, 7) is 1.74. The van der Waals surface area contributed by atoms with Crippen LogP contribution in [0, 0.1) is 0 Å². The molecule has 3 aliphatic rings. The number of carbonyl (C=O) groups excluding carboxylic acids is 1. The zero-order valence-corrected chi connectivity index (χ0v) is 15.3. The van der Waals surface area contributed by atoms with E-state index in [-0.39, 0.29) is 11.0 Å². The summed E-state index contributed by atoms with van der Waals surface area (Å²) in [7, 11) is 0. The van der Waals surface area contributed by atoms with Crippen molar-refractivity contribution in [1.82, 2.24) is 0 Å². The molecule has 1 amide bonds. The monoisotopic (exact) mass is 347 g/mol. The lowest BCUT2D eigenvalue weighted by Gasteiger charge is -2.41. The van der Waals surface area contributed by atoms with Gasteiger partial charge in [0.2, 0.25) is 5.91 Å². The van der Waals surface area contributed by atoms with Crippen LogP contribution in [0.3, 0.4) is 0 Å². The number of fused-ring (bicyclic) bond motifs is 3. The summed E-state index contributed by atoms with van der Waals surface area (Å²) in [5, 5.41) is 2.52. The van der Waals surface area contributed by atoms with E-state index in [1.54, 1.807) is 0 Å². The molecule has 0 radical (unpaired) electrons. The van der Waals surface area contributed by atoms with Gasteiger partial charge in [0.15, 0.2) is 0 Å². The minimum Gasteiger partial charge on any atom is -0.340 e. The fraction of sp³-hybridized carbons (Fsp3) is 0.435. The molecule has 26 heavy (non-hydrogen) atoms. The molecule has 2 aliphatic heterocycles. The van der Waals surface area contributed by atoms with Gasteiger partial charge in [0.1, 0.15) is 11.0 Å². The van der Waals surface area contributed by atoms with Crippen molar-refractivity contribution in [2.75, 3.05) is 11.4 Å². The van der Waals surface area contributed by atoms with Crippen LogP contribution in [0.5, 0.6) is 0 Å². The van der Waals surface area contributed by atoms with Crippen molar-refractivity contribution in [3.05, 3.63) is 65.7 Å². The molecule has 5 rings (SSSR count). The second-order valence-corrected chi connectivity index (χ2v) is 8.26. The van der Waals surface area contributed by atoms with Gasteiger partial charge in [-0.1, -0.05) is 55.0 Å². The summed E-state index contributed by atoms with van der Waals surface area (Å²) >= 11 is 0. The maximum atomic E-state index is 14.0. The van der Waals surface area contributed by atoms with Crippen molar-refractivity contribution in [3.8, 4) is 0 Å². The maximum Gasteiger partial charge on any atom is 0.244 e. The third-order valence-corrected chi connectivity index (χ3v) is 7.10. The van der Waals surface area contributed by atoms with Gasteiger partial charge in [-0.15, -0.1) is 0 Å². The van der Waals surface area contributed by atoms with Gasteiger partial charge in [-0.25, -0.2) is 0 Å². The lowest BCUT2D eigenvalue weighted by atomic mass is 9.61. The Morgan fingerprint density at radius 1 is 0.885 bits per heavy atom. The van der Waals surface area contributed by atoms with Crippen LogP contribution in [0.4, 0.5) is 5.69 Å². The summed E-state index contributed by atoms with van der Waals surface area (Å²) in [5.74, 6) is 0.346. The molecule has 3 heteroatoms. The minimum absolute atomic E-state index is 0.0733. The van der Waals surface area contributed by atoms with Crippen molar-refractivity contribution in [1.29, 1.82) is 0 Å². The molecule has 0 bridgehead atoms. The van der Waals surface area contributed by atoms with E-state index in [9.17, 15) is 4.79 Å². The fourth-order valence-electron chi connectivity index (χ4n) is 5.97. The Labute approximate surface area is 155 Å². The van der Waals surface area contributed by atoms with Crippen LogP contribution in [0.1, 0.15) is 49.7 Å². The predicted molar refractivity (Wildman–Crippen MR) is 103 cm³/mol. The summed E-state index contributed by atoms with van der Waals surface area (Å²) in [5.41, 5.74) is 3.38. The van der Waals surface area contributed by atoms with Crippen LogP contribution in [0.15, 0.2) is 54.6 Å². The standard InChI is InChI=1S/C23H26N2O/c26-21-23(15-16-24-22(23)13-7-2-8-14-22)19-11-5-6-12-20(19)25(21)17-18-9-3-1-4-10-18/h1,3-6,9-12,24H,2,7-8,13-17H2/p+1/t23-/m0/s1. The summed E-state index contributed by atoms with van der Waals surface area (Å²) < 4.78 is 0. The van der Waals surface area contributed by atoms with E-state index in [1.165, 1.54) is 43.2 Å². The smallest absolute Gasteiger partial charge is 0.244 e. The van der Waals surface area contributed by atoms with E-state index in [1.807, 2.05) is 6.07 Å². The highest BCUT2D eigenvalue weighted by Gasteiger charge is 2.68. The predicted octanol–water partition coefficient (Wildman–Crippen LogP) is 3.14. The first-order chi connectivity index (χ1) is 12.8. The Bertz CT molecular complexity index is 825. The fourth-order valence-corrected chi connectivity index (χ4v) is 5.97. The van der Waals surface area contributed by atoms with Gasteiger partial charge in [-0.3, -0.25) is 4.79 Å². The normalized spacial score (nSPS) is 26.6. The highest BCUT2D eigenvalue weighted by molar-refractivity contribution is 6.09. The van der Waals surface area contributed by atoms with Gasteiger partial charge in [-0.2, -0.15) is 0 Å². The lowest BCUT2D eigenvalue weighted by molar-refractivity contribution is -0.714. The molecule has 1 aliphatic carbocycles. The Hall–Kier alpha value is -2.13. The van der Waals surface area contributed by atoms with E-state index in [0.717, 1.165) is 18.7 Å². The molecule has 134 valence electrons. The number of amides is 1. The summed E-state index contributed by atoms with van der Waals surface area (Å²) in [4.78, 5) is 16.0. The molecule has 2 aromatic rings. The van der Waals surface area contributed by atoms with Gasteiger partial charge in [0.05, 0.1) is 13.1 Å². The van der Waals surface area contributed by atoms with E-state index >= 15 is 0 Å². The third kappa shape index (κ3) is 2.07. The van der Waals surface area contributed by atoms with Crippen LogP contribution < -0.4 is 10.2 Å². The van der Waals surface area contributed by atoms with E-state index in [4.69, 9.17) is 0 Å². The van der Waals surface area contributed by atoms with Crippen LogP contribution in [0.2, 0.25) is 0 Å². The number of nitrogens with zero attached hydrogens (tertiary/aromatic N) is 1. The number of quaternary nitrogens is 1. The zero-order valence-electron chi connectivity index (χ0n) is 15.3. The number of anilines is 1. The number of hydrogen-bond donors (Lipinski definition) is 1. The van der Waals surface area contributed by atoms with Crippen molar-refractivity contribution in [3.63, 3.8) is 0 Å². The van der Waals surface area contributed by atoms with Gasteiger partial charge >= 0.3 is 0 Å². The van der Waals surface area contributed by atoms with Crippen molar-refractivity contribution >= 4 is 11.6 Å². The highest BCUT2D eigenvalue weighted by Crippen LogP contribution is 2.54. The van der Waals surface area contributed by atoms with Crippen LogP contribution >= 0.6 is 0 Å². The molecular weight excluding hydrogens is 320 g/mol. The van der Waals surface area contributed by atoms with Gasteiger partial charge in [0.25, 0.3) is 0 Å². The van der Waals surface area contributed by atoms with Gasteiger partial charge in [-0.05, 0) is 30.0 Å². The van der Waals surface area contributed by atoms with Gasteiger partial charge in [0, 0.05) is 24.9 Å². The summed E-state index contributed by atoms with van der Waals surface area (Å²) in [6, 6.07) is 19.0. The van der Waals surface area contributed by atoms with Crippen molar-refractivity contribution < 1.29 is 10.1 Å². The first kappa shape index (κ1) is 16.1. The highest BCUT2D eigenvalue weighted by atomic mass is 16.2. The molecule has 1 saturated carbocycles. The average molecular weight is 347 g/mol. The number of rotatable bonds is 2. The number of benzene rings is 2. The van der Waals surface area contributed by atoms with Crippen LogP contribution in [-0.2, 0) is 16.8 Å². The van der Waals surface area contributed by atoms with Gasteiger partial charge < -0.3 is 10.2 Å². The second kappa shape index (κ2) is 5.95. The van der Waals surface area contributed by atoms with Crippen LogP contribution in [-0.4, -0.2) is 18.0 Å². The zero-order chi connectivity index (χ0) is 17.6. The molecule has 2 aromatic carbocycles. The van der Waals surface area contributed by atoms with E-state index in [2.05, 4.69) is 58.7 Å². The molecule has 1 atom stereocenters. The molecule has 2 N–H and O–H groups in total. The number of carbonyl (C=O) groups is 1. The molecule has 2 heterocycles. The molecule has 1 saturated heterocycles. The maximum absolute atomic E-state index is 14.0. The Morgan fingerprint density at radius 2 is 1.62 bits per heavy atom. The molecule has 0 unspecified atom stereocenters. The molecule has 2 fully saturated rings. The second-order valence-electron chi connectivity index (χ2n) is 8.26. The number of nitrogens with two attached hydrogens (primary N) is 1. The molecular formula is C23H27N2O+. The molecule has 2 spiro atoms. The summed E-state index contributed by atoms with van der Waals surface area (Å²) in [6.07, 6.45) is 7.15. The van der Waals surface area contributed by atoms with E-state index < -0.39 is 0 Å². The van der Waals surface area contributed by atoms with Crippen LogP contribution in [0.25, 0.3) is 0 Å². The Balaban J connectivity index is 1.62. The largest absolute Gasteiger partial charge is 0.340 e. The molecule has 3 nitrogen and oxygen atoms in total. The SMILES string of the molecule is O=C1N(Cc2ccccc2)c2ccccc2[C@@]12CC[NH2+]C21CCCCC1. The topological polar surface area (TPSA) is 36.9 Å². The Kier molecular flexibility index (Phi) is 3.68. The average Bonchev–Trinajstić information content (AvgIpc) is 3.16. The lowest BCUT2D eigenvalue weighted by Crippen LogP contribution is -2.97.